The van der Waals surface area contributed by atoms with Gasteiger partial charge in [-0.3, -0.25) is 14.6 Å². The number of H-pyrrole nitrogens is 1. The first kappa shape index (κ1) is 17.5. The highest BCUT2D eigenvalue weighted by Gasteiger charge is 2.25. The summed E-state index contributed by atoms with van der Waals surface area (Å²) in [6.07, 6.45) is 4.51. The lowest BCUT2D eigenvalue weighted by molar-refractivity contribution is 0.0996. The standard InChI is InChI=1S/C20H12F2N4O2/c21-14-5-4-11(19(23)28)17(22)16(14)18(27)13-9-26-20-12(13)7-10(8-25-20)15-3-1-2-6-24-15/h1-9H,(H2,23,28)(H,25,26). The van der Waals surface area contributed by atoms with Gasteiger partial charge in [-0.25, -0.2) is 13.8 Å². The number of nitrogens with zero attached hydrogens (tertiary/aromatic N) is 2. The van der Waals surface area contributed by atoms with Gasteiger partial charge in [0.1, 0.15) is 17.3 Å². The lowest BCUT2D eigenvalue weighted by atomic mass is 9.99. The van der Waals surface area contributed by atoms with Crippen molar-refractivity contribution < 1.29 is 18.4 Å². The van der Waals surface area contributed by atoms with E-state index in [2.05, 4.69) is 15.0 Å². The predicted octanol–water partition coefficient (Wildman–Crippen LogP) is 3.23. The molecule has 0 aliphatic heterocycles. The Morgan fingerprint density at radius 1 is 1.04 bits per heavy atom. The van der Waals surface area contributed by atoms with Gasteiger partial charge in [0.05, 0.1) is 16.8 Å². The van der Waals surface area contributed by atoms with Crippen LogP contribution in [0.15, 0.2) is 55.0 Å². The van der Waals surface area contributed by atoms with Crippen LogP contribution in [-0.4, -0.2) is 26.6 Å². The zero-order valence-electron chi connectivity index (χ0n) is 14.2. The Hall–Kier alpha value is -3.94. The second-order valence-electron chi connectivity index (χ2n) is 6.01. The normalized spacial score (nSPS) is 10.9. The van der Waals surface area contributed by atoms with Crippen LogP contribution in [0.5, 0.6) is 0 Å². The highest BCUT2D eigenvalue weighted by Crippen LogP contribution is 2.27. The predicted molar refractivity (Wildman–Crippen MR) is 97.6 cm³/mol. The van der Waals surface area contributed by atoms with E-state index in [-0.39, 0.29) is 5.56 Å². The first-order chi connectivity index (χ1) is 13.5. The van der Waals surface area contributed by atoms with E-state index in [1.165, 1.54) is 6.20 Å². The van der Waals surface area contributed by atoms with Crippen molar-refractivity contribution in [2.24, 2.45) is 5.73 Å². The number of nitrogens with one attached hydrogen (secondary N) is 1. The van der Waals surface area contributed by atoms with Crippen molar-refractivity contribution in [1.29, 1.82) is 0 Å². The van der Waals surface area contributed by atoms with Gasteiger partial charge < -0.3 is 10.7 Å². The highest BCUT2D eigenvalue weighted by atomic mass is 19.1. The molecule has 0 aliphatic rings. The van der Waals surface area contributed by atoms with Crippen LogP contribution in [0, 0.1) is 11.6 Å². The van der Waals surface area contributed by atoms with Gasteiger partial charge in [-0.15, -0.1) is 0 Å². The summed E-state index contributed by atoms with van der Waals surface area (Å²) in [5.41, 5.74) is 5.33. The summed E-state index contributed by atoms with van der Waals surface area (Å²) >= 11 is 0. The molecular formula is C20H12F2N4O2. The molecule has 0 aliphatic carbocycles. The number of carbonyl (C=O) groups excluding carboxylic acids is 2. The Bertz CT molecular complexity index is 1240. The zero-order chi connectivity index (χ0) is 19.8. The second-order valence-corrected chi connectivity index (χ2v) is 6.01. The van der Waals surface area contributed by atoms with E-state index in [9.17, 15) is 18.4 Å². The molecule has 28 heavy (non-hydrogen) atoms. The van der Waals surface area contributed by atoms with Crippen LogP contribution in [0.4, 0.5) is 8.78 Å². The molecule has 1 amide bonds. The van der Waals surface area contributed by atoms with Crippen molar-refractivity contribution in [1.82, 2.24) is 15.0 Å². The quantitative estimate of drug-likeness (QED) is 0.532. The van der Waals surface area contributed by atoms with Crippen molar-refractivity contribution in [3.05, 3.63) is 83.3 Å². The maximum absolute atomic E-state index is 14.6. The van der Waals surface area contributed by atoms with Crippen LogP contribution in [0.3, 0.4) is 0 Å². The lowest BCUT2D eigenvalue weighted by Gasteiger charge is -2.07. The van der Waals surface area contributed by atoms with Gasteiger partial charge in [0.2, 0.25) is 5.78 Å². The average molecular weight is 378 g/mol. The van der Waals surface area contributed by atoms with E-state index in [1.54, 1.807) is 36.7 Å². The van der Waals surface area contributed by atoms with Gasteiger partial charge >= 0.3 is 0 Å². The Morgan fingerprint density at radius 3 is 2.57 bits per heavy atom. The monoisotopic (exact) mass is 378 g/mol. The first-order valence-electron chi connectivity index (χ1n) is 8.18. The number of benzene rings is 1. The maximum Gasteiger partial charge on any atom is 0.251 e. The molecule has 3 aromatic heterocycles. The maximum atomic E-state index is 14.6. The van der Waals surface area contributed by atoms with Gasteiger partial charge in [0.15, 0.2) is 0 Å². The molecule has 1 aromatic carbocycles. The smallest absolute Gasteiger partial charge is 0.251 e. The number of aromatic nitrogens is 3. The molecule has 138 valence electrons. The largest absolute Gasteiger partial charge is 0.366 e. The van der Waals surface area contributed by atoms with E-state index in [0.29, 0.717) is 22.3 Å². The number of fused-ring (bicyclic) bond motifs is 1. The second kappa shape index (κ2) is 6.66. The third-order valence-electron chi connectivity index (χ3n) is 4.32. The molecule has 0 atom stereocenters. The van der Waals surface area contributed by atoms with Crippen molar-refractivity contribution in [2.75, 3.05) is 0 Å². The lowest BCUT2D eigenvalue weighted by Crippen LogP contribution is -2.17. The Balaban J connectivity index is 1.87. The summed E-state index contributed by atoms with van der Waals surface area (Å²) in [5, 5.41) is 0.372. The summed E-state index contributed by atoms with van der Waals surface area (Å²) in [4.78, 5) is 35.5. The van der Waals surface area contributed by atoms with Crippen molar-refractivity contribution >= 4 is 22.7 Å². The van der Waals surface area contributed by atoms with Crippen LogP contribution in [0.2, 0.25) is 0 Å². The molecule has 0 spiro atoms. The molecule has 0 saturated carbocycles. The molecular weight excluding hydrogens is 366 g/mol. The van der Waals surface area contributed by atoms with Gasteiger partial charge in [-0.1, -0.05) is 6.07 Å². The summed E-state index contributed by atoms with van der Waals surface area (Å²) in [6.45, 7) is 0. The number of carbonyl (C=O) groups is 2. The minimum Gasteiger partial charge on any atom is -0.366 e. The van der Waals surface area contributed by atoms with Gasteiger partial charge in [0, 0.05) is 35.1 Å². The van der Waals surface area contributed by atoms with Crippen LogP contribution in [0.1, 0.15) is 26.3 Å². The fourth-order valence-electron chi connectivity index (χ4n) is 2.95. The highest BCUT2D eigenvalue weighted by molar-refractivity contribution is 6.17. The Morgan fingerprint density at radius 2 is 1.86 bits per heavy atom. The van der Waals surface area contributed by atoms with Crippen LogP contribution in [0.25, 0.3) is 22.3 Å². The van der Waals surface area contributed by atoms with Crippen LogP contribution < -0.4 is 5.73 Å². The third-order valence-corrected chi connectivity index (χ3v) is 4.32. The fourth-order valence-corrected chi connectivity index (χ4v) is 2.95. The zero-order valence-corrected chi connectivity index (χ0v) is 14.2. The van der Waals surface area contributed by atoms with E-state index >= 15 is 0 Å². The molecule has 0 bridgehead atoms. The van der Waals surface area contributed by atoms with E-state index in [0.717, 1.165) is 12.1 Å². The molecule has 3 heterocycles. The molecule has 0 radical (unpaired) electrons. The summed E-state index contributed by atoms with van der Waals surface area (Å²) in [5.74, 6) is -4.40. The number of aromatic amines is 1. The number of nitrogens with two attached hydrogens (primary N) is 1. The minimum atomic E-state index is -1.29. The molecule has 0 unspecified atom stereocenters. The number of hydrogen-bond donors (Lipinski definition) is 2. The van der Waals surface area contributed by atoms with E-state index < -0.39 is 34.5 Å². The van der Waals surface area contributed by atoms with E-state index in [4.69, 9.17) is 5.73 Å². The average Bonchev–Trinajstić information content (AvgIpc) is 3.11. The number of rotatable bonds is 4. The molecule has 4 aromatic rings. The molecule has 8 heteroatoms. The summed E-state index contributed by atoms with van der Waals surface area (Å²) in [6, 6.07) is 8.73. The van der Waals surface area contributed by atoms with Crippen LogP contribution in [-0.2, 0) is 0 Å². The third kappa shape index (κ3) is 2.81. The van der Waals surface area contributed by atoms with Gasteiger partial charge in [0.25, 0.3) is 5.91 Å². The minimum absolute atomic E-state index is 0.0136. The molecule has 0 saturated heterocycles. The SMILES string of the molecule is NC(=O)c1ccc(F)c(C(=O)c2c[nH]c3ncc(-c4ccccn4)cc23)c1F. The molecule has 4 rings (SSSR count). The summed E-state index contributed by atoms with van der Waals surface area (Å²) < 4.78 is 28.8. The Kier molecular flexibility index (Phi) is 4.15. The molecule has 6 nitrogen and oxygen atoms in total. The Labute approximate surface area is 157 Å². The van der Waals surface area contributed by atoms with Crippen molar-refractivity contribution in [2.45, 2.75) is 0 Å². The van der Waals surface area contributed by atoms with Crippen LogP contribution >= 0.6 is 0 Å². The van der Waals surface area contributed by atoms with Crippen molar-refractivity contribution in [3.8, 4) is 11.3 Å². The number of primary amides is 1. The molecule has 3 N–H and O–H groups in total. The summed E-state index contributed by atoms with van der Waals surface area (Å²) in [7, 11) is 0. The fraction of sp³-hybridized carbons (Fsp3) is 0. The number of pyridine rings is 2. The number of hydrogen-bond acceptors (Lipinski definition) is 4. The van der Waals surface area contributed by atoms with Gasteiger partial charge in [-0.05, 0) is 30.3 Å². The number of amides is 1. The number of halogens is 2. The topological polar surface area (TPSA) is 102 Å². The first-order valence-corrected chi connectivity index (χ1v) is 8.18. The number of ketones is 1. The van der Waals surface area contributed by atoms with Crippen molar-refractivity contribution in [3.63, 3.8) is 0 Å². The van der Waals surface area contributed by atoms with Gasteiger partial charge in [-0.2, -0.15) is 0 Å². The van der Waals surface area contributed by atoms with E-state index in [1.807, 2.05) is 0 Å². The molecule has 0 fully saturated rings.